The Morgan fingerprint density at radius 3 is 2.80 bits per heavy atom. The maximum atomic E-state index is 8.71. The predicted octanol–water partition coefficient (Wildman–Crippen LogP) is 2.55. The van der Waals surface area contributed by atoms with E-state index < -0.39 is 0 Å². The third kappa shape index (κ3) is 4.58. The van der Waals surface area contributed by atoms with E-state index in [1.165, 1.54) is 0 Å². The number of halogens is 1. The molecular weight excluding hydrogens is 278 g/mol. The number of amidine groups is 1. The Bertz CT molecular complexity index is 466. The van der Waals surface area contributed by atoms with Crippen LogP contribution < -0.4 is 10.5 Å². The average Bonchev–Trinajstić information content (AvgIpc) is 2.45. The molecule has 0 aliphatic heterocycles. The SMILES string of the molecule is CCN(Cc1cc(Cl)ccc1OC)CC(C)C(N)=NO. The van der Waals surface area contributed by atoms with E-state index in [-0.39, 0.29) is 11.8 Å². The number of nitrogens with two attached hydrogens (primary N) is 1. The van der Waals surface area contributed by atoms with E-state index in [4.69, 9.17) is 27.3 Å². The molecule has 3 N–H and O–H groups in total. The number of nitrogens with zero attached hydrogens (tertiary/aromatic N) is 2. The molecule has 0 heterocycles. The second-order valence-corrected chi connectivity index (χ2v) is 5.15. The van der Waals surface area contributed by atoms with Gasteiger partial charge < -0.3 is 15.7 Å². The minimum Gasteiger partial charge on any atom is -0.496 e. The fraction of sp³-hybridized carbons (Fsp3) is 0.500. The van der Waals surface area contributed by atoms with Crippen molar-refractivity contribution in [1.82, 2.24) is 4.90 Å². The van der Waals surface area contributed by atoms with Gasteiger partial charge in [-0.05, 0) is 24.7 Å². The number of rotatable bonds is 7. The summed E-state index contributed by atoms with van der Waals surface area (Å²) in [5.41, 5.74) is 6.64. The first-order valence-electron chi connectivity index (χ1n) is 6.54. The number of hydrogen-bond acceptors (Lipinski definition) is 4. The number of hydrogen-bond donors (Lipinski definition) is 2. The highest BCUT2D eigenvalue weighted by atomic mass is 35.5. The number of oxime groups is 1. The molecule has 5 nitrogen and oxygen atoms in total. The largest absolute Gasteiger partial charge is 0.496 e. The summed E-state index contributed by atoms with van der Waals surface area (Å²) in [6.07, 6.45) is 0. The first-order valence-corrected chi connectivity index (χ1v) is 6.91. The minimum absolute atomic E-state index is 0.0230. The molecule has 112 valence electrons. The molecule has 0 aromatic heterocycles. The van der Waals surface area contributed by atoms with Gasteiger partial charge in [-0.1, -0.05) is 30.6 Å². The van der Waals surface area contributed by atoms with Gasteiger partial charge in [-0.25, -0.2) is 0 Å². The van der Waals surface area contributed by atoms with Crippen molar-refractivity contribution in [1.29, 1.82) is 0 Å². The topological polar surface area (TPSA) is 71.1 Å². The van der Waals surface area contributed by atoms with Gasteiger partial charge in [0.25, 0.3) is 0 Å². The van der Waals surface area contributed by atoms with Gasteiger partial charge in [0.05, 0.1) is 7.11 Å². The highest BCUT2D eigenvalue weighted by molar-refractivity contribution is 6.30. The van der Waals surface area contributed by atoms with Crippen molar-refractivity contribution in [2.45, 2.75) is 20.4 Å². The van der Waals surface area contributed by atoms with Crippen molar-refractivity contribution in [2.24, 2.45) is 16.8 Å². The lowest BCUT2D eigenvalue weighted by Gasteiger charge is -2.24. The van der Waals surface area contributed by atoms with Crippen LogP contribution >= 0.6 is 11.6 Å². The third-order valence-corrected chi connectivity index (χ3v) is 3.47. The zero-order valence-corrected chi connectivity index (χ0v) is 12.9. The fourth-order valence-corrected chi connectivity index (χ4v) is 2.19. The lowest BCUT2D eigenvalue weighted by molar-refractivity contribution is 0.254. The molecular formula is C14H22ClN3O2. The summed E-state index contributed by atoms with van der Waals surface area (Å²) in [6.45, 7) is 6.23. The van der Waals surface area contributed by atoms with Crippen LogP contribution in [0.4, 0.5) is 0 Å². The van der Waals surface area contributed by atoms with Crippen molar-refractivity contribution in [2.75, 3.05) is 20.2 Å². The Hall–Kier alpha value is -1.46. The van der Waals surface area contributed by atoms with Crippen molar-refractivity contribution < 1.29 is 9.94 Å². The van der Waals surface area contributed by atoms with Gasteiger partial charge in [0, 0.05) is 29.6 Å². The Morgan fingerprint density at radius 2 is 2.25 bits per heavy atom. The minimum atomic E-state index is -0.0230. The predicted molar refractivity (Wildman–Crippen MR) is 81.5 cm³/mol. The Labute approximate surface area is 125 Å². The average molecular weight is 300 g/mol. The van der Waals surface area contributed by atoms with Gasteiger partial charge in [0.15, 0.2) is 0 Å². The van der Waals surface area contributed by atoms with Crippen LogP contribution in [0.1, 0.15) is 19.4 Å². The summed E-state index contributed by atoms with van der Waals surface area (Å²) in [5.74, 6) is 1.02. The van der Waals surface area contributed by atoms with Crippen LogP contribution in [0.3, 0.4) is 0 Å². The number of benzene rings is 1. The number of methoxy groups -OCH3 is 1. The zero-order chi connectivity index (χ0) is 15.1. The Balaban J connectivity index is 2.80. The standard InChI is InChI=1S/C14H22ClN3O2/c1-4-18(8-10(2)14(16)17-19)9-11-7-12(15)5-6-13(11)20-3/h5-7,10,19H,4,8-9H2,1-3H3,(H2,16,17). The van der Waals surface area contributed by atoms with Crippen LogP contribution in [0.2, 0.25) is 5.02 Å². The summed E-state index contributed by atoms with van der Waals surface area (Å²) < 4.78 is 5.35. The van der Waals surface area contributed by atoms with E-state index in [0.29, 0.717) is 18.1 Å². The normalized spacial score (nSPS) is 13.6. The molecule has 0 radical (unpaired) electrons. The summed E-state index contributed by atoms with van der Waals surface area (Å²) in [6, 6.07) is 5.56. The molecule has 0 saturated carbocycles. The molecule has 1 rings (SSSR count). The highest BCUT2D eigenvalue weighted by Gasteiger charge is 2.15. The zero-order valence-electron chi connectivity index (χ0n) is 12.1. The van der Waals surface area contributed by atoms with E-state index in [9.17, 15) is 0 Å². The second-order valence-electron chi connectivity index (χ2n) is 4.71. The fourth-order valence-electron chi connectivity index (χ4n) is 2.00. The van der Waals surface area contributed by atoms with Crippen LogP contribution in [0.15, 0.2) is 23.4 Å². The van der Waals surface area contributed by atoms with Gasteiger partial charge in [0.2, 0.25) is 0 Å². The molecule has 0 aliphatic rings. The van der Waals surface area contributed by atoms with Gasteiger partial charge in [-0.15, -0.1) is 0 Å². The van der Waals surface area contributed by atoms with Crippen molar-refractivity contribution >= 4 is 17.4 Å². The summed E-state index contributed by atoms with van der Waals surface area (Å²) in [5, 5.41) is 12.4. The van der Waals surface area contributed by atoms with Crippen molar-refractivity contribution in [3.05, 3.63) is 28.8 Å². The summed E-state index contributed by atoms with van der Waals surface area (Å²) in [7, 11) is 1.64. The maximum Gasteiger partial charge on any atom is 0.143 e. The van der Waals surface area contributed by atoms with Crippen molar-refractivity contribution in [3.63, 3.8) is 0 Å². The quantitative estimate of drug-likeness (QED) is 0.351. The van der Waals surface area contributed by atoms with E-state index in [1.807, 2.05) is 19.1 Å². The molecule has 1 unspecified atom stereocenters. The smallest absolute Gasteiger partial charge is 0.143 e. The molecule has 6 heteroatoms. The second kappa shape index (κ2) is 7.97. The molecule has 0 spiro atoms. The first kappa shape index (κ1) is 16.6. The maximum absolute atomic E-state index is 8.71. The first-order chi connectivity index (χ1) is 9.51. The molecule has 1 atom stereocenters. The van der Waals surface area contributed by atoms with Crippen LogP contribution in [-0.4, -0.2) is 36.1 Å². The third-order valence-electron chi connectivity index (χ3n) is 3.24. The van der Waals surface area contributed by atoms with Crippen LogP contribution in [-0.2, 0) is 6.54 Å². The molecule has 0 bridgehead atoms. The van der Waals surface area contributed by atoms with E-state index in [1.54, 1.807) is 13.2 Å². The van der Waals surface area contributed by atoms with Gasteiger partial charge in [-0.2, -0.15) is 0 Å². The number of ether oxygens (including phenoxy) is 1. The lowest BCUT2D eigenvalue weighted by atomic mass is 10.1. The van der Waals surface area contributed by atoms with Gasteiger partial charge in [0.1, 0.15) is 11.6 Å². The van der Waals surface area contributed by atoms with E-state index in [0.717, 1.165) is 17.9 Å². The highest BCUT2D eigenvalue weighted by Crippen LogP contribution is 2.24. The monoisotopic (exact) mass is 299 g/mol. The molecule has 1 aromatic carbocycles. The van der Waals surface area contributed by atoms with E-state index >= 15 is 0 Å². The van der Waals surface area contributed by atoms with Crippen LogP contribution in [0.5, 0.6) is 5.75 Å². The summed E-state index contributed by atoms with van der Waals surface area (Å²) >= 11 is 6.03. The summed E-state index contributed by atoms with van der Waals surface area (Å²) in [4.78, 5) is 2.19. The van der Waals surface area contributed by atoms with Gasteiger partial charge in [-0.3, -0.25) is 4.90 Å². The van der Waals surface area contributed by atoms with Crippen LogP contribution in [0.25, 0.3) is 0 Å². The van der Waals surface area contributed by atoms with Gasteiger partial charge >= 0.3 is 0 Å². The molecule has 1 aromatic rings. The van der Waals surface area contributed by atoms with Crippen LogP contribution in [0, 0.1) is 5.92 Å². The Morgan fingerprint density at radius 1 is 1.55 bits per heavy atom. The molecule has 0 amide bonds. The Kier molecular flexibility index (Phi) is 6.61. The molecule has 0 saturated heterocycles. The molecule has 0 fully saturated rings. The lowest BCUT2D eigenvalue weighted by Crippen LogP contribution is -2.34. The molecule has 20 heavy (non-hydrogen) atoms. The van der Waals surface area contributed by atoms with Crippen molar-refractivity contribution in [3.8, 4) is 5.75 Å². The molecule has 0 aliphatic carbocycles. The van der Waals surface area contributed by atoms with E-state index in [2.05, 4.69) is 17.0 Å².